The highest BCUT2D eigenvalue weighted by molar-refractivity contribution is 6.42. The van der Waals surface area contributed by atoms with Crippen molar-refractivity contribution < 1.29 is 5.11 Å². The zero-order chi connectivity index (χ0) is 9.84. The molecule has 0 radical (unpaired) electrons. The van der Waals surface area contributed by atoms with Gasteiger partial charge in [-0.15, -0.1) is 0 Å². The van der Waals surface area contributed by atoms with Crippen molar-refractivity contribution in [2.75, 3.05) is 0 Å². The van der Waals surface area contributed by atoms with Crippen LogP contribution in [0.5, 0.6) is 0 Å². The van der Waals surface area contributed by atoms with Gasteiger partial charge < -0.3 is 5.11 Å². The first-order valence-corrected chi connectivity index (χ1v) is 5.01. The molecular formula is C10H12Cl2O. The van der Waals surface area contributed by atoms with E-state index in [4.69, 9.17) is 23.2 Å². The minimum absolute atomic E-state index is 0.294. The van der Waals surface area contributed by atoms with E-state index in [2.05, 4.69) is 0 Å². The van der Waals surface area contributed by atoms with E-state index in [0.29, 0.717) is 16.5 Å². The van der Waals surface area contributed by atoms with Crippen LogP contribution >= 0.6 is 23.2 Å². The first kappa shape index (κ1) is 10.8. The molecule has 1 atom stereocenters. The van der Waals surface area contributed by atoms with Gasteiger partial charge >= 0.3 is 0 Å². The molecule has 1 aromatic carbocycles. The average Bonchev–Trinajstić information content (AvgIpc) is 2.11. The number of aliphatic hydroxyl groups excluding tert-OH is 1. The topological polar surface area (TPSA) is 20.2 Å². The van der Waals surface area contributed by atoms with Gasteiger partial charge in [0.15, 0.2) is 0 Å². The normalized spacial score (nSPS) is 12.9. The summed E-state index contributed by atoms with van der Waals surface area (Å²) in [4.78, 5) is 0. The predicted molar refractivity (Wildman–Crippen MR) is 56.5 cm³/mol. The molecular weight excluding hydrogens is 207 g/mol. The van der Waals surface area contributed by atoms with E-state index in [-0.39, 0.29) is 6.10 Å². The van der Waals surface area contributed by atoms with Gasteiger partial charge in [-0.25, -0.2) is 0 Å². The molecule has 0 aliphatic carbocycles. The van der Waals surface area contributed by atoms with E-state index in [0.717, 1.165) is 12.0 Å². The van der Waals surface area contributed by atoms with Gasteiger partial charge in [-0.3, -0.25) is 0 Å². The number of halogens is 2. The van der Waals surface area contributed by atoms with Crippen LogP contribution in [0.4, 0.5) is 0 Å². The Morgan fingerprint density at radius 2 is 2.00 bits per heavy atom. The summed E-state index contributed by atoms with van der Waals surface area (Å²) >= 11 is 11.6. The smallest absolute Gasteiger partial charge is 0.0595 e. The molecule has 0 unspecified atom stereocenters. The lowest BCUT2D eigenvalue weighted by atomic mass is 10.1. The Labute approximate surface area is 88.3 Å². The molecule has 0 amide bonds. The maximum Gasteiger partial charge on any atom is 0.0595 e. The van der Waals surface area contributed by atoms with E-state index >= 15 is 0 Å². The second-order valence-corrected chi connectivity index (χ2v) is 3.83. The van der Waals surface area contributed by atoms with Crippen LogP contribution in [0.25, 0.3) is 0 Å². The van der Waals surface area contributed by atoms with Gasteiger partial charge in [0, 0.05) is 0 Å². The van der Waals surface area contributed by atoms with Gasteiger partial charge in [0.2, 0.25) is 0 Å². The fourth-order valence-corrected chi connectivity index (χ4v) is 1.40. The highest BCUT2D eigenvalue weighted by Crippen LogP contribution is 2.23. The Morgan fingerprint density at radius 1 is 1.31 bits per heavy atom. The van der Waals surface area contributed by atoms with Gasteiger partial charge in [0.05, 0.1) is 16.1 Å². The van der Waals surface area contributed by atoms with Crippen LogP contribution in [-0.4, -0.2) is 11.2 Å². The Morgan fingerprint density at radius 3 is 2.54 bits per heavy atom. The molecule has 0 bridgehead atoms. The Hall–Kier alpha value is -0.240. The third-order valence-corrected chi connectivity index (χ3v) is 2.67. The van der Waals surface area contributed by atoms with Gasteiger partial charge in [0.25, 0.3) is 0 Å². The van der Waals surface area contributed by atoms with Crippen LogP contribution in [-0.2, 0) is 6.42 Å². The highest BCUT2D eigenvalue weighted by atomic mass is 35.5. The van der Waals surface area contributed by atoms with Crippen molar-refractivity contribution in [3.05, 3.63) is 33.8 Å². The zero-order valence-corrected chi connectivity index (χ0v) is 8.94. The molecule has 0 aliphatic rings. The average molecular weight is 219 g/mol. The summed E-state index contributed by atoms with van der Waals surface area (Å²) in [5, 5.41) is 10.5. The first-order chi connectivity index (χ1) is 6.13. The van der Waals surface area contributed by atoms with E-state index in [1.165, 1.54) is 0 Å². The van der Waals surface area contributed by atoms with E-state index in [1.807, 2.05) is 13.0 Å². The summed E-state index contributed by atoms with van der Waals surface area (Å²) in [7, 11) is 0. The minimum Gasteiger partial charge on any atom is -0.393 e. The number of hydrogen-bond acceptors (Lipinski definition) is 1. The summed E-state index contributed by atoms with van der Waals surface area (Å²) in [6.07, 6.45) is 1.09. The second kappa shape index (κ2) is 4.85. The van der Waals surface area contributed by atoms with Crippen LogP contribution in [0.15, 0.2) is 18.2 Å². The molecule has 1 N–H and O–H groups in total. The van der Waals surface area contributed by atoms with E-state index in [1.54, 1.807) is 12.1 Å². The Bertz CT molecular complexity index is 286. The van der Waals surface area contributed by atoms with Crippen molar-refractivity contribution >= 4 is 23.2 Å². The van der Waals surface area contributed by atoms with Crippen molar-refractivity contribution in [2.45, 2.75) is 25.9 Å². The molecule has 0 heterocycles. The molecule has 0 aliphatic heterocycles. The molecule has 0 aromatic heterocycles. The lowest BCUT2D eigenvalue weighted by Crippen LogP contribution is -2.08. The van der Waals surface area contributed by atoms with Gasteiger partial charge in [-0.05, 0) is 30.5 Å². The van der Waals surface area contributed by atoms with Crippen LogP contribution in [0.2, 0.25) is 10.0 Å². The van der Waals surface area contributed by atoms with Crippen molar-refractivity contribution in [2.24, 2.45) is 0 Å². The van der Waals surface area contributed by atoms with Crippen LogP contribution in [0.3, 0.4) is 0 Å². The maximum absolute atomic E-state index is 9.40. The minimum atomic E-state index is -0.294. The molecule has 1 nitrogen and oxygen atoms in total. The molecule has 1 aromatic rings. The third kappa shape index (κ3) is 3.18. The molecule has 13 heavy (non-hydrogen) atoms. The van der Waals surface area contributed by atoms with Crippen LogP contribution in [0.1, 0.15) is 18.9 Å². The molecule has 0 spiro atoms. The predicted octanol–water partition coefficient (Wildman–Crippen LogP) is 3.31. The summed E-state index contributed by atoms with van der Waals surface area (Å²) in [6.45, 7) is 1.95. The standard InChI is InChI=1S/C10H12Cl2O/c1-2-8(13)5-7-3-4-9(11)10(12)6-7/h3-4,6,8,13H,2,5H2,1H3/t8-/m0/s1. The number of rotatable bonds is 3. The van der Waals surface area contributed by atoms with Gasteiger partial charge in [-0.1, -0.05) is 36.2 Å². The van der Waals surface area contributed by atoms with E-state index in [9.17, 15) is 5.11 Å². The summed E-state index contributed by atoms with van der Waals surface area (Å²) in [6, 6.07) is 5.43. The highest BCUT2D eigenvalue weighted by Gasteiger charge is 2.04. The van der Waals surface area contributed by atoms with E-state index < -0.39 is 0 Å². The summed E-state index contributed by atoms with van der Waals surface area (Å²) in [5.74, 6) is 0. The molecule has 1 rings (SSSR count). The van der Waals surface area contributed by atoms with Crippen molar-refractivity contribution in [3.63, 3.8) is 0 Å². The van der Waals surface area contributed by atoms with Gasteiger partial charge in [0.1, 0.15) is 0 Å². The lowest BCUT2D eigenvalue weighted by Gasteiger charge is -2.07. The fourth-order valence-electron chi connectivity index (χ4n) is 1.08. The largest absolute Gasteiger partial charge is 0.393 e. The molecule has 3 heteroatoms. The lowest BCUT2D eigenvalue weighted by molar-refractivity contribution is 0.171. The number of hydrogen-bond donors (Lipinski definition) is 1. The molecule has 0 saturated carbocycles. The second-order valence-electron chi connectivity index (χ2n) is 3.01. The first-order valence-electron chi connectivity index (χ1n) is 4.25. The summed E-state index contributed by atoms with van der Waals surface area (Å²) < 4.78 is 0. The van der Waals surface area contributed by atoms with Gasteiger partial charge in [-0.2, -0.15) is 0 Å². The van der Waals surface area contributed by atoms with Crippen molar-refractivity contribution in [1.29, 1.82) is 0 Å². The fraction of sp³-hybridized carbons (Fsp3) is 0.400. The number of benzene rings is 1. The SMILES string of the molecule is CC[C@H](O)Cc1ccc(Cl)c(Cl)c1. The van der Waals surface area contributed by atoms with Crippen LogP contribution in [0, 0.1) is 0 Å². The third-order valence-electron chi connectivity index (χ3n) is 1.93. The summed E-state index contributed by atoms with van der Waals surface area (Å²) in [5.41, 5.74) is 1.02. The Balaban J connectivity index is 2.73. The van der Waals surface area contributed by atoms with Crippen molar-refractivity contribution in [3.8, 4) is 0 Å². The molecule has 72 valence electrons. The molecule has 0 saturated heterocycles. The van der Waals surface area contributed by atoms with Crippen molar-refractivity contribution in [1.82, 2.24) is 0 Å². The van der Waals surface area contributed by atoms with Crippen LogP contribution < -0.4 is 0 Å². The maximum atomic E-state index is 9.40. The quantitative estimate of drug-likeness (QED) is 0.826. The zero-order valence-electron chi connectivity index (χ0n) is 7.43. The Kier molecular flexibility index (Phi) is 4.04. The molecule has 0 fully saturated rings. The monoisotopic (exact) mass is 218 g/mol. The number of aliphatic hydroxyl groups is 1.